The van der Waals surface area contributed by atoms with E-state index in [9.17, 15) is 4.79 Å². The number of benzene rings is 1. The van der Waals surface area contributed by atoms with Gasteiger partial charge < -0.3 is 20.5 Å². The van der Waals surface area contributed by atoms with E-state index in [0.717, 1.165) is 5.56 Å². The highest BCUT2D eigenvalue weighted by Crippen LogP contribution is 2.36. The van der Waals surface area contributed by atoms with Gasteiger partial charge in [0.05, 0.1) is 5.56 Å². The van der Waals surface area contributed by atoms with Crippen molar-refractivity contribution in [2.75, 3.05) is 17.8 Å². The first-order chi connectivity index (χ1) is 9.63. The van der Waals surface area contributed by atoms with Crippen LogP contribution in [0.3, 0.4) is 0 Å². The molecule has 1 aromatic carbocycles. The summed E-state index contributed by atoms with van der Waals surface area (Å²) in [7, 11) is 0. The van der Waals surface area contributed by atoms with E-state index in [-0.39, 0.29) is 12.7 Å². The summed E-state index contributed by atoms with van der Waals surface area (Å²) in [6, 6.07) is 6.75. The van der Waals surface area contributed by atoms with Gasteiger partial charge >= 0.3 is 0 Å². The van der Waals surface area contributed by atoms with E-state index >= 15 is 0 Å². The third kappa shape index (κ3) is 2.23. The number of hydrogen-bond acceptors (Lipinski definition) is 5. The molecule has 0 saturated carbocycles. The Hall–Kier alpha value is -2.76. The lowest BCUT2D eigenvalue weighted by molar-refractivity contribution is 0.102. The lowest BCUT2D eigenvalue weighted by Crippen LogP contribution is -2.14. The van der Waals surface area contributed by atoms with Gasteiger partial charge in [-0.25, -0.2) is 4.98 Å². The maximum Gasteiger partial charge on any atom is 0.259 e. The molecule has 0 unspecified atom stereocenters. The topological polar surface area (TPSA) is 86.5 Å². The molecule has 1 amide bonds. The van der Waals surface area contributed by atoms with Crippen molar-refractivity contribution in [2.24, 2.45) is 0 Å². The summed E-state index contributed by atoms with van der Waals surface area (Å²) in [5.41, 5.74) is 7.54. The standard InChI is InChI=1S/C14H13N3O3/c1-8-2-3-13(16-6-8)17-14(18)9-4-11-12(5-10(9)15)20-7-19-11/h2-6H,7,15H2,1H3,(H,16,17,18). The molecule has 0 fully saturated rings. The number of aryl methyl sites for hydroxylation is 1. The average Bonchev–Trinajstić information content (AvgIpc) is 2.87. The second-order valence-electron chi connectivity index (χ2n) is 4.47. The van der Waals surface area contributed by atoms with Crippen molar-refractivity contribution in [1.29, 1.82) is 0 Å². The summed E-state index contributed by atoms with van der Waals surface area (Å²) >= 11 is 0. The molecule has 20 heavy (non-hydrogen) atoms. The molecule has 3 N–H and O–H groups in total. The summed E-state index contributed by atoms with van der Waals surface area (Å²) in [5, 5.41) is 2.69. The molecule has 0 atom stereocenters. The molecule has 0 radical (unpaired) electrons. The summed E-state index contributed by atoms with van der Waals surface area (Å²) < 4.78 is 10.4. The number of rotatable bonds is 2. The molecule has 3 rings (SSSR count). The minimum Gasteiger partial charge on any atom is -0.454 e. The van der Waals surface area contributed by atoms with Gasteiger partial charge in [0.1, 0.15) is 5.82 Å². The number of carbonyl (C=O) groups excluding carboxylic acids is 1. The number of carbonyl (C=O) groups is 1. The van der Waals surface area contributed by atoms with Crippen LogP contribution in [0.2, 0.25) is 0 Å². The van der Waals surface area contributed by atoms with Crippen LogP contribution in [0.25, 0.3) is 0 Å². The van der Waals surface area contributed by atoms with Gasteiger partial charge in [-0.2, -0.15) is 0 Å². The maximum absolute atomic E-state index is 12.2. The fourth-order valence-corrected chi connectivity index (χ4v) is 1.88. The van der Waals surface area contributed by atoms with Crippen molar-refractivity contribution in [3.8, 4) is 11.5 Å². The molecule has 6 nitrogen and oxygen atoms in total. The van der Waals surface area contributed by atoms with Gasteiger partial charge in [0.25, 0.3) is 5.91 Å². The Morgan fingerprint density at radius 1 is 1.30 bits per heavy atom. The molecular weight excluding hydrogens is 258 g/mol. The van der Waals surface area contributed by atoms with Crippen molar-refractivity contribution in [3.63, 3.8) is 0 Å². The molecule has 102 valence electrons. The van der Waals surface area contributed by atoms with E-state index in [1.807, 2.05) is 13.0 Å². The van der Waals surface area contributed by atoms with Crippen LogP contribution >= 0.6 is 0 Å². The maximum atomic E-state index is 12.2. The number of hydrogen-bond donors (Lipinski definition) is 2. The smallest absolute Gasteiger partial charge is 0.259 e. The number of nitrogens with one attached hydrogen (secondary N) is 1. The highest BCUT2D eigenvalue weighted by atomic mass is 16.7. The van der Waals surface area contributed by atoms with E-state index < -0.39 is 0 Å². The Bertz CT molecular complexity index is 668. The number of nitrogens with two attached hydrogens (primary N) is 1. The van der Waals surface area contributed by atoms with Crippen molar-refractivity contribution in [3.05, 3.63) is 41.6 Å². The number of nitrogen functional groups attached to an aromatic ring is 1. The van der Waals surface area contributed by atoms with Crippen LogP contribution in [0, 0.1) is 6.92 Å². The fraction of sp³-hybridized carbons (Fsp3) is 0.143. The molecule has 6 heteroatoms. The highest BCUT2D eigenvalue weighted by molar-refractivity contribution is 6.07. The van der Waals surface area contributed by atoms with Gasteiger partial charge in [-0.05, 0) is 24.6 Å². The Morgan fingerprint density at radius 3 is 2.75 bits per heavy atom. The summed E-state index contributed by atoms with van der Waals surface area (Å²) in [5.74, 6) is 1.20. The number of nitrogens with zero attached hydrogens (tertiary/aromatic N) is 1. The monoisotopic (exact) mass is 271 g/mol. The molecule has 0 bridgehead atoms. The number of fused-ring (bicyclic) bond motifs is 1. The zero-order chi connectivity index (χ0) is 14.1. The second kappa shape index (κ2) is 4.73. The van der Waals surface area contributed by atoms with E-state index in [1.165, 1.54) is 0 Å². The summed E-state index contributed by atoms with van der Waals surface area (Å²) in [6.07, 6.45) is 1.68. The van der Waals surface area contributed by atoms with Gasteiger partial charge in [0.2, 0.25) is 6.79 Å². The Kier molecular flexibility index (Phi) is 2.90. The predicted molar refractivity (Wildman–Crippen MR) is 73.9 cm³/mol. The van der Waals surface area contributed by atoms with Crippen LogP contribution in [-0.2, 0) is 0 Å². The molecule has 1 aliphatic rings. The Labute approximate surface area is 115 Å². The van der Waals surface area contributed by atoms with Crippen molar-refractivity contribution >= 4 is 17.4 Å². The predicted octanol–water partition coefficient (Wildman–Crippen LogP) is 1.95. The first-order valence-corrected chi connectivity index (χ1v) is 6.06. The molecule has 0 saturated heterocycles. The van der Waals surface area contributed by atoms with Gasteiger partial charge in [0, 0.05) is 18.0 Å². The minimum atomic E-state index is -0.336. The van der Waals surface area contributed by atoms with Crippen molar-refractivity contribution < 1.29 is 14.3 Å². The third-order valence-electron chi connectivity index (χ3n) is 2.94. The van der Waals surface area contributed by atoms with Crippen molar-refractivity contribution in [2.45, 2.75) is 6.92 Å². The lowest BCUT2D eigenvalue weighted by atomic mass is 10.1. The van der Waals surface area contributed by atoms with Gasteiger partial charge in [-0.3, -0.25) is 4.79 Å². The van der Waals surface area contributed by atoms with Gasteiger partial charge in [0.15, 0.2) is 11.5 Å². The highest BCUT2D eigenvalue weighted by Gasteiger charge is 2.19. The SMILES string of the molecule is Cc1ccc(NC(=O)c2cc3c(cc2N)OCO3)nc1. The molecule has 2 heterocycles. The van der Waals surface area contributed by atoms with Crippen LogP contribution in [-0.4, -0.2) is 17.7 Å². The number of ether oxygens (including phenoxy) is 2. The molecule has 2 aromatic rings. The number of aromatic nitrogens is 1. The summed E-state index contributed by atoms with van der Waals surface area (Å²) in [6.45, 7) is 2.06. The Balaban J connectivity index is 1.85. The zero-order valence-corrected chi connectivity index (χ0v) is 10.8. The van der Waals surface area contributed by atoms with Crippen LogP contribution < -0.4 is 20.5 Å². The molecule has 0 spiro atoms. The van der Waals surface area contributed by atoms with Crippen LogP contribution in [0.15, 0.2) is 30.5 Å². The largest absolute Gasteiger partial charge is 0.454 e. The van der Waals surface area contributed by atoms with Crippen LogP contribution in [0.5, 0.6) is 11.5 Å². The van der Waals surface area contributed by atoms with Crippen LogP contribution in [0.1, 0.15) is 15.9 Å². The van der Waals surface area contributed by atoms with Gasteiger partial charge in [-0.15, -0.1) is 0 Å². The molecule has 0 aliphatic carbocycles. The number of amides is 1. The van der Waals surface area contributed by atoms with Gasteiger partial charge in [-0.1, -0.05) is 6.07 Å². The third-order valence-corrected chi connectivity index (χ3v) is 2.94. The van der Waals surface area contributed by atoms with E-state index in [4.69, 9.17) is 15.2 Å². The average molecular weight is 271 g/mol. The molecular formula is C14H13N3O3. The number of pyridine rings is 1. The minimum absolute atomic E-state index is 0.138. The first-order valence-electron chi connectivity index (χ1n) is 6.06. The quantitative estimate of drug-likeness (QED) is 0.815. The van der Waals surface area contributed by atoms with E-state index in [1.54, 1.807) is 24.4 Å². The van der Waals surface area contributed by atoms with Crippen LogP contribution in [0.4, 0.5) is 11.5 Å². The van der Waals surface area contributed by atoms with E-state index in [2.05, 4.69) is 10.3 Å². The number of anilines is 2. The normalized spacial score (nSPS) is 12.2. The molecule has 1 aliphatic heterocycles. The second-order valence-corrected chi connectivity index (χ2v) is 4.47. The zero-order valence-electron chi connectivity index (χ0n) is 10.8. The fourth-order valence-electron chi connectivity index (χ4n) is 1.88. The summed E-state index contributed by atoms with van der Waals surface area (Å²) in [4.78, 5) is 16.3. The first kappa shape index (κ1) is 12.3. The lowest BCUT2D eigenvalue weighted by Gasteiger charge is -2.08. The van der Waals surface area contributed by atoms with E-state index in [0.29, 0.717) is 28.6 Å². The Morgan fingerprint density at radius 2 is 2.05 bits per heavy atom. The molecule has 1 aromatic heterocycles. The van der Waals surface area contributed by atoms with Crippen molar-refractivity contribution in [1.82, 2.24) is 4.98 Å².